The molecule has 0 bridgehead atoms. The zero-order chi connectivity index (χ0) is 22.3. The molecule has 4 N–H and O–H groups in total. The molecular formula is C18H24BrFN6O4S. The first-order chi connectivity index (χ1) is 14.9. The van der Waals surface area contributed by atoms with Crippen molar-refractivity contribution < 1.29 is 22.6 Å². The van der Waals surface area contributed by atoms with Crippen molar-refractivity contribution in [1.82, 2.24) is 20.5 Å². The van der Waals surface area contributed by atoms with E-state index in [4.69, 9.17) is 4.63 Å². The maximum Gasteiger partial charge on any atom is 0.211 e. The number of nitrogens with one attached hydrogen (secondary N) is 3. The molecule has 170 valence electrons. The van der Waals surface area contributed by atoms with Crippen LogP contribution in [-0.2, 0) is 10.0 Å². The summed E-state index contributed by atoms with van der Waals surface area (Å²) in [7, 11) is -3.36. The predicted octanol–water partition coefficient (Wildman–Crippen LogP) is 3.08. The lowest BCUT2D eigenvalue weighted by Gasteiger charge is -2.22. The lowest BCUT2D eigenvalue weighted by molar-refractivity contribution is 0.234. The molecule has 10 nitrogen and oxygen atoms in total. The van der Waals surface area contributed by atoms with Crippen LogP contribution in [-0.4, -0.2) is 48.1 Å². The molecule has 13 heteroatoms. The lowest BCUT2D eigenvalue weighted by atomic mass is 9.96. The molecule has 0 aliphatic heterocycles. The highest BCUT2D eigenvalue weighted by atomic mass is 79.9. The van der Waals surface area contributed by atoms with Crippen molar-refractivity contribution in [2.75, 3.05) is 17.6 Å². The van der Waals surface area contributed by atoms with Gasteiger partial charge in [-0.25, -0.2) is 27.2 Å². The van der Waals surface area contributed by atoms with Gasteiger partial charge in [-0.15, -0.1) is 0 Å². The molecular weight excluding hydrogens is 495 g/mol. The molecule has 0 atom stereocenters. The van der Waals surface area contributed by atoms with Crippen LogP contribution < -0.4 is 15.5 Å². The van der Waals surface area contributed by atoms with Crippen molar-refractivity contribution in [1.29, 1.82) is 0 Å². The van der Waals surface area contributed by atoms with Crippen LogP contribution in [0.15, 0.2) is 32.3 Å². The van der Waals surface area contributed by atoms with E-state index in [0.29, 0.717) is 12.1 Å². The number of aromatic nitrogens is 2. The fraction of sp³-hybridized carbons (Fsp3) is 0.500. The molecule has 1 aliphatic carbocycles. The van der Waals surface area contributed by atoms with Crippen molar-refractivity contribution >= 4 is 43.3 Å². The van der Waals surface area contributed by atoms with E-state index in [9.17, 15) is 18.0 Å². The van der Waals surface area contributed by atoms with Crippen LogP contribution in [0.25, 0.3) is 0 Å². The zero-order valence-electron chi connectivity index (χ0n) is 16.6. The molecule has 3 rings (SSSR count). The first-order valence-electron chi connectivity index (χ1n) is 9.88. The second kappa shape index (κ2) is 11.0. The highest BCUT2D eigenvalue weighted by Gasteiger charge is 2.20. The Morgan fingerprint density at radius 3 is 2.77 bits per heavy atom. The minimum atomic E-state index is -3.36. The van der Waals surface area contributed by atoms with Gasteiger partial charge in [0.1, 0.15) is 5.82 Å². The highest BCUT2D eigenvalue weighted by Crippen LogP contribution is 2.23. The number of halogens is 2. The number of hydroxylamine groups is 1. The molecule has 31 heavy (non-hydrogen) atoms. The SMILES string of the molecule is O=S(=O)(CCCNc1nonc1C(=Nc1ccc(F)c(Br)c1)NO)NC1CCCCC1. The first kappa shape index (κ1) is 23.6. The average Bonchev–Trinajstić information content (AvgIpc) is 3.21. The molecule has 0 saturated heterocycles. The van der Waals surface area contributed by atoms with Crippen molar-refractivity contribution in [3.63, 3.8) is 0 Å². The third-order valence-electron chi connectivity index (χ3n) is 4.80. The van der Waals surface area contributed by atoms with E-state index in [1.165, 1.54) is 18.2 Å². The number of amidine groups is 1. The summed E-state index contributed by atoms with van der Waals surface area (Å²) in [5.41, 5.74) is 2.36. The van der Waals surface area contributed by atoms with Gasteiger partial charge in [0.15, 0.2) is 11.5 Å². The summed E-state index contributed by atoms with van der Waals surface area (Å²) in [5, 5.41) is 19.8. The summed E-state index contributed by atoms with van der Waals surface area (Å²) in [4.78, 5) is 4.17. The third-order valence-corrected chi connectivity index (χ3v) is 6.92. The van der Waals surface area contributed by atoms with Gasteiger partial charge >= 0.3 is 0 Å². The van der Waals surface area contributed by atoms with Crippen molar-refractivity contribution in [2.45, 2.75) is 44.6 Å². The maximum atomic E-state index is 13.4. The van der Waals surface area contributed by atoms with Crippen LogP contribution in [0, 0.1) is 5.82 Å². The van der Waals surface area contributed by atoms with E-state index in [2.05, 4.69) is 41.3 Å². The van der Waals surface area contributed by atoms with E-state index in [1.54, 1.807) is 0 Å². The molecule has 1 saturated carbocycles. The van der Waals surface area contributed by atoms with Crippen LogP contribution in [0.2, 0.25) is 0 Å². The molecule has 1 heterocycles. The minimum absolute atomic E-state index is 0.0268. The number of sulfonamides is 1. The van der Waals surface area contributed by atoms with Gasteiger partial charge in [-0.05, 0) is 63.7 Å². The number of hydrogen-bond donors (Lipinski definition) is 4. The quantitative estimate of drug-likeness (QED) is 0.171. The van der Waals surface area contributed by atoms with E-state index < -0.39 is 15.8 Å². The van der Waals surface area contributed by atoms with E-state index in [-0.39, 0.29) is 40.2 Å². The van der Waals surface area contributed by atoms with Gasteiger partial charge in [-0.1, -0.05) is 19.3 Å². The van der Waals surface area contributed by atoms with Gasteiger partial charge in [-0.3, -0.25) is 10.7 Å². The van der Waals surface area contributed by atoms with Gasteiger partial charge < -0.3 is 5.32 Å². The standard InChI is InChI=1S/C18H24BrFN6O4S/c19-14-11-13(7-8-15(14)20)22-18(23-27)16-17(25-30-24-16)21-9-4-10-31(28,29)26-12-5-2-1-3-6-12/h7-8,11-12,26-27H,1-6,9-10H2,(H,21,25)(H,22,23). The van der Waals surface area contributed by atoms with Crippen molar-refractivity contribution in [3.05, 3.63) is 34.2 Å². The zero-order valence-corrected chi connectivity index (χ0v) is 19.0. The normalized spacial score (nSPS) is 15.8. The van der Waals surface area contributed by atoms with Gasteiger partial charge in [0.05, 0.1) is 15.9 Å². The fourth-order valence-electron chi connectivity index (χ4n) is 3.28. The molecule has 0 unspecified atom stereocenters. The molecule has 0 spiro atoms. The topological polar surface area (TPSA) is 142 Å². The maximum absolute atomic E-state index is 13.4. The summed E-state index contributed by atoms with van der Waals surface area (Å²) < 4.78 is 45.6. The summed E-state index contributed by atoms with van der Waals surface area (Å²) in [6, 6.07) is 4.10. The first-order valence-corrected chi connectivity index (χ1v) is 12.3. The number of anilines is 1. The monoisotopic (exact) mass is 518 g/mol. The van der Waals surface area contributed by atoms with Crippen LogP contribution in [0.3, 0.4) is 0 Å². The molecule has 1 aliphatic rings. The molecule has 0 amide bonds. The Morgan fingerprint density at radius 2 is 2.06 bits per heavy atom. The molecule has 1 fully saturated rings. The van der Waals surface area contributed by atoms with Gasteiger partial charge in [-0.2, -0.15) is 0 Å². The fourth-order valence-corrected chi connectivity index (χ4v) is 5.03. The van der Waals surface area contributed by atoms with Gasteiger partial charge in [0, 0.05) is 12.6 Å². The Kier molecular flexibility index (Phi) is 8.35. The summed E-state index contributed by atoms with van der Waals surface area (Å²) in [6.45, 7) is 0.285. The molecule has 2 aromatic rings. The summed E-state index contributed by atoms with van der Waals surface area (Å²) in [6.07, 6.45) is 5.35. The summed E-state index contributed by atoms with van der Waals surface area (Å²) >= 11 is 3.07. The third kappa shape index (κ3) is 6.95. The van der Waals surface area contributed by atoms with E-state index in [0.717, 1.165) is 32.1 Å². The van der Waals surface area contributed by atoms with Gasteiger partial charge in [0.25, 0.3) is 0 Å². The number of nitrogens with zero attached hydrogens (tertiary/aromatic N) is 3. The predicted molar refractivity (Wildman–Crippen MR) is 116 cm³/mol. The largest absolute Gasteiger partial charge is 0.365 e. The lowest BCUT2D eigenvalue weighted by Crippen LogP contribution is -2.37. The highest BCUT2D eigenvalue weighted by molar-refractivity contribution is 9.10. The average molecular weight is 519 g/mol. The number of hydrogen-bond acceptors (Lipinski definition) is 8. The molecule has 1 aromatic heterocycles. The smallest absolute Gasteiger partial charge is 0.211 e. The number of benzene rings is 1. The number of aliphatic imine (C=N–C) groups is 1. The van der Waals surface area contributed by atoms with Crippen molar-refractivity contribution in [2.24, 2.45) is 4.99 Å². The Hall–Kier alpha value is -2.09. The van der Waals surface area contributed by atoms with Crippen LogP contribution in [0.1, 0.15) is 44.2 Å². The van der Waals surface area contributed by atoms with Crippen molar-refractivity contribution in [3.8, 4) is 0 Å². The Bertz CT molecular complexity index is 1010. The Labute approximate surface area is 187 Å². The second-order valence-electron chi connectivity index (χ2n) is 7.18. The molecule has 1 aromatic carbocycles. The van der Waals surface area contributed by atoms with Crippen LogP contribution in [0.5, 0.6) is 0 Å². The van der Waals surface area contributed by atoms with Crippen LogP contribution >= 0.6 is 15.9 Å². The van der Waals surface area contributed by atoms with Gasteiger partial charge in [0.2, 0.25) is 15.8 Å². The molecule has 0 radical (unpaired) electrons. The van der Waals surface area contributed by atoms with Crippen LogP contribution in [0.4, 0.5) is 15.9 Å². The summed E-state index contributed by atoms with van der Waals surface area (Å²) in [5.74, 6) is -0.372. The number of rotatable bonds is 9. The van der Waals surface area contributed by atoms with E-state index >= 15 is 0 Å². The minimum Gasteiger partial charge on any atom is -0.365 e. The Morgan fingerprint density at radius 1 is 1.29 bits per heavy atom. The second-order valence-corrected chi connectivity index (χ2v) is 9.91. The Balaban J connectivity index is 1.57. The van der Waals surface area contributed by atoms with E-state index in [1.807, 2.05) is 5.48 Å².